The molecule has 0 saturated carbocycles. The van der Waals surface area contributed by atoms with Crippen LogP contribution in [-0.4, -0.2) is 37.5 Å². The van der Waals surface area contributed by atoms with E-state index >= 15 is 0 Å². The molecule has 2 aromatic rings. The van der Waals surface area contributed by atoms with Crippen molar-refractivity contribution in [3.05, 3.63) is 63.1 Å². The topological polar surface area (TPSA) is 102 Å². The van der Waals surface area contributed by atoms with E-state index in [4.69, 9.17) is 4.74 Å². The van der Waals surface area contributed by atoms with Gasteiger partial charge in [-0.3, -0.25) is 14.9 Å². The lowest BCUT2D eigenvalue weighted by atomic mass is 10.1. The van der Waals surface area contributed by atoms with Gasteiger partial charge in [0, 0.05) is 0 Å². The highest BCUT2D eigenvalue weighted by Gasteiger charge is 2.36. The second-order valence-corrected chi connectivity index (χ2v) is 7.64. The van der Waals surface area contributed by atoms with Crippen LogP contribution in [0.25, 0.3) is 6.08 Å². The first-order valence-electron chi connectivity index (χ1n) is 9.19. The van der Waals surface area contributed by atoms with Gasteiger partial charge in [0.05, 0.1) is 17.3 Å². The Balaban J connectivity index is 1.90. The van der Waals surface area contributed by atoms with Crippen molar-refractivity contribution >= 4 is 51.5 Å². The molecule has 2 aromatic carbocycles. The molecule has 3 rings (SSSR count). The molecule has 0 aliphatic carbocycles. The standard InChI is InChI=1S/C22H19BrN2O6/c1-12-4-6-15(8-13(12)2)25-21(28)16(20(27)24-22(25)29)9-14-5-7-18(17(23)10-14)31-11-19(26)30-3/h4-10H,11H2,1-3H3,(H,24,27,29). The van der Waals surface area contributed by atoms with Crippen LogP contribution in [0.3, 0.4) is 0 Å². The summed E-state index contributed by atoms with van der Waals surface area (Å²) in [6.45, 7) is 3.53. The lowest BCUT2D eigenvalue weighted by Gasteiger charge is -2.26. The highest BCUT2D eigenvalue weighted by Crippen LogP contribution is 2.28. The third-order valence-corrected chi connectivity index (χ3v) is 5.31. The van der Waals surface area contributed by atoms with E-state index < -0.39 is 23.8 Å². The summed E-state index contributed by atoms with van der Waals surface area (Å²) >= 11 is 3.33. The van der Waals surface area contributed by atoms with Gasteiger partial charge in [-0.15, -0.1) is 0 Å². The summed E-state index contributed by atoms with van der Waals surface area (Å²) in [5.41, 5.74) is 2.63. The Hall–Kier alpha value is -3.46. The first-order valence-corrected chi connectivity index (χ1v) is 9.98. The number of carbonyl (C=O) groups excluding carboxylic acids is 4. The fourth-order valence-electron chi connectivity index (χ4n) is 2.84. The second kappa shape index (κ2) is 9.13. The van der Waals surface area contributed by atoms with Crippen LogP contribution in [-0.2, 0) is 19.1 Å². The quantitative estimate of drug-likeness (QED) is 0.395. The number of urea groups is 1. The third kappa shape index (κ3) is 4.83. The molecular weight excluding hydrogens is 468 g/mol. The van der Waals surface area contributed by atoms with Gasteiger partial charge in [0.1, 0.15) is 11.3 Å². The summed E-state index contributed by atoms with van der Waals surface area (Å²) in [4.78, 5) is 49.8. The van der Waals surface area contributed by atoms with E-state index in [1.165, 1.54) is 13.2 Å². The first-order chi connectivity index (χ1) is 14.7. The first kappa shape index (κ1) is 22.2. The van der Waals surface area contributed by atoms with Crippen molar-refractivity contribution in [3.63, 3.8) is 0 Å². The summed E-state index contributed by atoms with van der Waals surface area (Å²) in [7, 11) is 1.26. The predicted octanol–water partition coefficient (Wildman–Crippen LogP) is 3.28. The molecule has 0 unspecified atom stereocenters. The fraction of sp³-hybridized carbons (Fsp3) is 0.182. The monoisotopic (exact) mass is 486 g/mol. The number of halogens is 1. The van der Waals surface area contributed by atoms with Crippen molar-refractivity contribution in [1.82, 2.24) is 5.32 Å². The Labute approximate surface area is 186 Å². The second-order valence-electron chi connectivity index (χ2n) is 6.78. The Kier molecular flexibility index (Phi) is 6.55. The van der Waals surface area contributed by atoms with Gasteiger partial charge in [0.2, 0.25) is 0 Å². The number of nitrogens with zero attached hydrogens (tertiary/aromatic N) is 1. The summed E-state index contributed by atoms with van der Waals surface area (Å²) < 4.78 is 10.4. The van der Waals surface area contributed by atoms with E-state index in [0.717, 1.165) is 16.0 Å². The SMILES string of the molecule is COC(=O)COc1ccc(C=C2C(=O)NC(=O)N(c3ccc(C)c(C)c3)C2=O)cc1Br. The number of esters is 1. The van der Waals surface area contributed by atoms with Crippen molar-refractivity contribution in [2.45, 2.75) is 13.8 Å². The van der Waals surface area contributed by atoms with Crippen LogP contribution in [0.5, 0.6) is 5.75 Å². The van der Waals surface area contributed by atoms with Gasteiger partial charge >= 0.3 is 12.0 Å². The van der Waals surface area contributed by atoms with Crippen molar-refractivity contribution in [2.75, 3.05) is 18.6 Å². The number of rotatable bonds is 5. The summed E-state index contributed by atoms with van der Waals surface area (Å²) in [6.07, 6.45) is 1.38. The summed E-state index contributed by atoms with van der Waals surface area (Å²) in [5, 5.41) is 2.20. The number of nitrogens with one attached hydrogen (secondary N) is 1. The summed E-state index contributed by atoms with van der Waals surface area (Å²) in [5.74, 6) is -1.64. The van der Waals surface area contributed by atoms with E-state index in [1.54, 1.807) is 36.4 Å². The Morgan fingerprint density at radius 3 is 2.48 bits per heavy atom. The van der Waals surface area contributed by atoms with Crippen molar-refractivity contribution < 1.29 is 28.7 Å². The lowest BCUT2D eigenvalue weighted by molar-refractivity contribution is -0.143. The maximum Gasteiger partial charge on any atom is 0.343 e. The largest absolute Gasteiger partial charge is 0.481 e. The van der Waals surface area contributed by atoms with Gasteiger partial charge in [0.15, 0.2) is 6.61 Å². The fourth-order valence-corrected chi connectivity index (χ4v) is 3.35. The van der Waals surface area contributed by atoms with Gasteiger partial charge < -0.3 is 9.47 Å². The molecule has 1 fully saturated rings. The number of imide groups is 2. The number of methoxy groups -OCH3 is 1. The Morgan fingerprint density at radius 1 is 1.10 bits per heavy atom. The number of barbiturate groups is 1. The van der Waals surface area contributed by atoms with E-state index in [9.17, 15) is 19.2 Å². The van der Waals surface area contributed by atoms with Crippen molar-refractivity contribution in [2.24, 2.45) is 0 Å². The molecule has 9 heteroatoms. The van der Waals surface area contributed by atoms with Gasteiger partial charge in [-0.2, -0.15) is 0 Å². The van der Waals surface area contributed by atoms with Gasteiger partial charge in [-0.25, -0.2) is 14.5 Å². The minimum atomic E-state index is -0.803. The minimum Gasteiger partial charge on any atom is -0.481 e. The maximum atomic E-state index is 13.0. The zero-order valence-electron chi connectivity index (χ0n) is 17.0. The van der Waals surface area contributed by atoms with Crippen LogP contribution in [0.15, 0.2) is 46.4 Å². The van der Waals surface area contributed by atoms with Crippen LogP contribution in [0.4, 0.5) is 10.5 Å². The number of aryl methyl sites for hydroxylation is 2. The zero-order valence-corrected chi connectivity index (χ0v) is 18.6. The molecule has 0 bridgehead atoms. The van der Waals surface area contributed by atoms with Crippen LogP contribution in [0.1, 0.15) is 16.7 Å². The molecule has 1 aliphatic rings. The average Bonchev–Trinajstić information content (AvgIpc) is 2.72. The number of hydrogen-bond donors (Lipinski definition) is 1. The molecule has 31 heavy (non-hydrogen) atoms. The Bertz CT molecular complexity index is 1120. The molecule has 4 amide bonds. The average molecular weight is 487 g/mol. The molecular formula is C22H19BrN2O6. The number of carbonyl (C=O) groups is 4. The smallest absolute Gasteiger partial charge is 0.343 e. The molecule has 8 nitrogen and oxygen atoms in total. The van der Waals surface area contributed by atoms with Crippen LogP contribution >= 0.6 is 15.9 Å². The predicted molar refractivity (Wildman–Crippen MR) is 117 cm³/mol. The van der Waals surface area contributed by atoms with E-state index in [2.05, 4.69) is 26.0 Å². The number of hydrogen-bond acceptors (Lipinski definition) is 6. The number of amides is 4. The highest BCUT2D eigenvalue weighted by molar-refractivity contribution is 9.10. The van der Waals surface area contributed by atoms with Gasteiger partial charge in [0.25, 0.3) is 11.8 Å². The molecule has 0 aromatic heterocycles. The van der Waals surface area contributed by atoms with E-state index in [-0.39, 0.29) is 12.2 Å². The molecule has 1 N–H and O–H groups in total. The molecule has 160 valence electrons. The number of ether oxygens (including phenoxy) is 2. The third-order valence-electron chi connectivity index (χ3n) is 4.69. The molecule has 0 radical (unpaired) electrons. The number of benzene rings is 2. The maximum absolute atomic E-state index is 13.0. The molecule has 1 heterocycles. The molecule has 1 aliphatic heterocycles. The Morgan fingerprint density at radius 2 is 1.84 bits per heavy atom. The van der Waals surface area contributed by atoms with Crippen LogP contribution in [0.2, 0.25) is 0 Å². The van der Waals surface area contributed by atoms with Gasteiger partial charge in [-0.05, 0) is 76.8 Å². The van der Waals surface area contributed by atoms with Crippen molar-refractivity contribution in [1.29, 1.82) is 0 Å². The molecule has 1 saturated heterocycles. The minimum absolute atomic E-state index is 0.187. The van der Waals surface area contributed by atoms with Gasteiger partial charge in [-0.1, -0.05) is 12.1 Å². The van der Waals surface area contributed by atoms with Crippen molar-refractivity contribution in [3.8, 4) is 5.75 Å². The molecule has 0 spiro atoms. The number of anilines is 1. The van der Waals surface area contributed by atoms with Crippen LogP contribution in [0, 0.1) is 13.8 Å². The normalized spacial score (nSPS) is 15.2. The summed E-state index contributed by atoms with van der Waals surface area (Å²) in [6, 6.07) is 9.18. The van der Waals surface area contributed by atoms with E-state index in [1.807, 2.05) is 13.8 Å². The zero-order chi connectivity index (χ0) is 22.7. The van der Waals surface area contributed by atoms with E-state index in [0.29, 0.717) is 21.5 Å². The van der Waals surface area contributed by atoms with Crippen LogP contribution < -0.4 is 15.0 Å². The lowest BCUT2D eigenvalue weighted by Crippen LogP contribution is -2.54. The highest BCUT2D eigenvalue weighted by atomic mass is 79.9. The molecule has 0 atom stereocenters.